The lowest BCUT2D eigenvalue weighted by atomic mass is 10.2. The van der Waals surface area contributed by atoms with Crippen molar-refractivity contribution in [2.75, 3.05) is 7.05 Å². The molecule has 8 heteroatoms. The third kappa shape index (κ3) is 3.91. The van der Waals surface area contributed by atoms with Crippen molar-refractivity contribution < 1.29 is 14.4 Å². The number of rotatable bonds is 4. The van der Waals surface area contributed by atoms with Crippen LogP contribution in [0.25, 0.3) is 11.4 Å². The van der Waals surface area contributed by atoms with Gasteiger partial charge in [0.25, 0.3) is 0 Å². The fourth-order valence-corrected chi connectivity index (χ4v) is 3.40. The molecule has 0 aliphatic carbocycles. The van der Waals surface area contributed by atoms with Crippen molar-refractivity contribution in [3.05, 3.63) is 62.9 Å². The standard InChI is InChI=1S/C17H13Br2N3O3/c1-22(9-10-5-3-2-4-6-10)17(24)16-20-15(21-25-16)11-7-12(18)14(23)13(19)8-11/h2-8,23H,9H2,1H3. The molecule has 0 unspecified atom stereocenters. The lowest BCUT2D eigenvalue weighted by molar-refractivity contribution is 0.0735. The number of phenolic OH excluding ortho intramolecular Hbond substituents is 1. The van der Waals surface area contributed by atoms with Gasteiger partial charge in [0.15, 0.2) is 0 Å². The number of aromatic hydroxyl groups is 1. The highest BCUT2D eigenvalue weighted by Gasteiger charge is 2.21. The van der Waals surface area contributed by atoms with Gasteiger partial charge in [0, 0.05) is 19.2 Å². The highest BCUT2D eigenvalue weighted by Crippen LogP contribution is 2.36. The minimum Gasteiger partial charge on any atom is -0.506 e. The van der Waals surface area contributed by atoms with Gasteiger partial charge in [-0.15, -0.1) is 0 Å². The van der Waals surface area contributed by atoms with E-state index in [9.17, 15) is 9.90 Å². The molecule has 0 spiro atoms. The Labute approximate surface area is 160 Å². The van der Waals surface area contributed by atoms with E-state index in [1.165, 1.54) is 4.90 Å². The first-order valence-electron chi connectivity index (χ1n) is 7.27. The van der Waals surface area contributed by atoms with Crippen LogP contribution in [0.1, 0.15) is 16.2 Å². The van der Waals surface area contributed by atoms with E-state index in [0.717, 1.165) is 5.56 Å². The second-order valence-electron chi connectivity index (χ2n) is 5.36. The van der Waals surface area contributed by atoms with Crippen LogP contribution in [0.4, 0.5) is 0 Å². The fraction of sp³-hybridized carbons (Fsp3) is 0.118. The maximum absolute atomic E-state index is 12.5. The van der Waals surface area contributed by atoms with Crippen molar-refractivity contribution >= 4 is 37.8 Å². The molecule has 0 radical (unpaired) electrons. The summed E-state index contributed by atoms with van der Waals surface area (Å²) in [5.74, 6) is -0.114. The van der Waals surface area contributed by atoms with Crippen LogP contribution in [-0.2, 0) is 6.54 Å². The third-order valence-electron chi connectivity index (χ3n) is 3.49. The van der Waals surface area contributed by atoms with Crippen molar-refractivity contribution in [3.63, 3.8) is 0 Å². The highest BCUT2D eigenvalue weighted by molar-refractivity contribution is 9.11. The topological polar surface area (TPSA) is 79.5 Å². The van der Waals surface area contributed by atoms with Crippen molar-refractivity contribution in [2.24, 2.45) is 0 Å². The Morgan fingerprint density at radius 3 is 2.48 bits per heavy atom. The summed E-state index contributed by atoms with van der Waals surface area (Å²) in [5.41, 5.74) is 1.61. The van der Waals surface area contributed by atoms with Crippen molar-refractivity contribution in [1.29, 1.82) is 0 Å². The van der Waals surface area contributed by atoms with Crippen LogP contribution in [0.3, 0.4) is 0 Å². The Kier molecular flexibility index (Phi) is 5.19. The molecule has 128 valence electrons. The fourth-order valence-electron chi connectivity index (χ4n) is 2.21. The van der Waals surface area contributed by atoms with Gasteiger partial charge < -0.3 is 14.5 Å². The van der Waals surface area contributed by atoms with Crippen LogP contribution in [0.15, 0.2) is 55.9 Å². The van der Waals surface area contributed by atoms with E-state index in [1.54, 1.807) is 19.2 Å². The van der Waals surface area contributed by atoms with E-state index in [0.29, 0.717) is 21.1 Å². The summed E-state index contributed by atoms with van der Waals surface area (Å²) in [5, 5.41) is 13.6. The number of aromatic nitrogens is 2. The normalized spacial score (nSPS) is 10.7. The predicted octanol–water partition coefficient (Wildman–Crippen LogP) is 4.24. The summed E-state index contributed by atoms with van der Waals surface area (Å²) in [4.78, 5) is 18.1. The van der Waals surface area contributed by atoms with Gasteiger partial charge >= 0.3 is 11.8 Å². The van der Waals surface area contributed by atoms with Crippen molar-refractivity contribution in [3.8, 4) is 17.1 Å². The van der Waals surface area contributed by atoms with Gasteiger partial charge in [-0.05, 0) is 49.6 Å². The zero-order chi connectivity index (χ0) is 18.0. The van der Waals surface area contributed by atoms with Gasteiger partial charge in [0.05, 0.1) is 8.95 Å². The Morgan fingerprint density at radius 2 is 1.84 bits per heavy atom. The number of phenols is 1. The molecular formula is C17H13Br2N3O3. The molecular weight excluding hydrogens is 454 g/mol. The number of nitrogens with zero attached hydrogens (tertiary/aromatic N) is 3. The first kappa shape index (κ1) is 17.6. The predicted molar refractivity (Wildman–Crippen MR) is 99.0 cm³/mol. The summed E-state index contributed by atoms with van der Waals surface area (Å²) in [6.07, 6.45) is 0. The maximum Gasteiger partial charge on any atom is 0.316 e. The Bertz CT molecular complexity index is 890. The lowest BCUT2D eigenvalue weighted by Crippen LogP contribution is -2.26. The van der Waals surface area contributed by atoms with Crippen LogP contribution in [0, 0.1) is 0 Å². The molecule has 6 nitrogen and oxygen atoms in total. The molecule has 25 heavy (non-hydrogen) atoms. The monoisotopic (exact) mass is 465 g/mol. The van der Waals surface area contributed by atoms with Crippen LogP contribution in [0.2, 0.25) is 0 Å². The lowest BCUT2D eigenvalue weighted by Gasteiger charge is -2.14. The summed E-state index contributed by atoms with van der Waals surface area (Å²) in [7, 11) is 1.67. The van der Waals surface area contributed by atoms with Crippen LogP contribution in [-0.4, -0.2) is 33.1 Å². The molecule has 3 rings (SSSR count). The SMILES string of the molecule is CN(Cc1ccccc1)C(=O)c1nc(-c2cc(Br)c(O)c(Br)c2)no1. The summed E-state index contributed by atoms with van der Waals surface area (Å²) >= 11 is 6.50. The number of halogens is 2. The second-order valence-corrected chi connectivity index (χ2v) is 7.07. The van der Waals surface area contributed by atoms with E-state index in [4.69, 9.17) is 4.52 Å². The zero-order valence-electron chi connectivity index (χ0n) is 13.1. The number of amides is 1. The molecule has 0 aliphatic heterocycles. The number of hydrogen-bond acceptors (Lipinski definition) is 5. The highest BCUT2D eigenvalue weighted by atomic mass is 79.9. The molecule has 1 amide bonds. The molecule has 0 saturated carbocycles. The molecule has 1 heterocycles. The van der Waals surface area contributed by atoms with Crippen molar-refractivity contribution in [2.45, 2.75) is 6.54 Å². The molecule has 1 aromatic heterocycles. The van der Waals surface area contributed by atoms with E-state index in [1.807, 2.05) is 30.3 Å². The minimum absolute atomic E-state index is 0.0751. The van der Waals surface area contributed by atoms with Gasteiger partial charge in [0.2, 0.25) is 5.82 Å². The molecule has 0 atom stereocenters. The maximum atomic E-state index is 12.5. The molecule has 0 saturated heterocycles. The Morgan fingerprint density at radius 1 is 1.20 bits per heavy atom. The second kappa shape index (κ2) is 7.37. The van der Waals surface area contributed by atoms with Gasteiger partial charge in [-0.25, -0.2) is 0 Å². The number of carbonyl (C=O) groups is 1. The summed E-state index contributed by atoms with van der Waals surface area (Å²) < 4.78 is 6.07. The molecule has 0 fully saturated rings. The van der Waals surface area contributed by atoms with Crippen LogP contribution >= 0.6 is 31.9 Å². The summed E-state index contributed by atoms with van der Waals surface area (Å²) in [6, 6.07) is 12.9. The average molecular weight is 467 g/mol. The van der Waals surface area contributed by atoms with Crippen molar-refractivity contribution in [1.82, 2.24) is 15.0 Å². The van der Waals surface area contributed by atoms with E-state index in [2.05, 4.69) is 42.0 Å². The number of benzene rings is 2. The molecule has 3 aromatic rings. The zero-order valence-corrected chi connectivity index (χ0v) is 16.3. The third-order valence-corrected chi connectivity index (χ3v) is 4.70. The van der Waals surface area contributed by atoms with E-state index < -0.39 is 0 Å². The molecule has 0 aliphatic rings. The molecule has 0 bridgehead atoms. The summed E-state index contributed by atoms with van der Waals surface area (Å²) in [6.45, 7) is 0.438. The average Bonchev–Trinajstić information content (AvgIpc) is 3.09. The van der Waals surface area contributed by atoms with Crippen LogP contribution in [0.5, 0.6) is 5.75 Å². The Balaban J connectivity index is 1.80. The van der Waals surface area contributed by atoms with Gasteiger partial charge in [-0.2, -0.15) is 4.98 Å². The molecule has 1 N–H and O–H groups in total. The van der Waals surface area contributed by atoms with E-state index >= 15 is 0 Å². The largest absolute Gasteiger partial charge is 0.506 e. The quantitative estimate of drug-likeness (QED) is 0.622. The van der Waals surface area contributed by atoms with Gasteiger partial charge in [0.1, 0.15) is 5.75 Å². The number of carbonyl (C=O) groups excluding carboxylic acids is 1. The van der Waals surface area contributed by atoms with Gasteiger partial charge in [-0.1, -0.05) is 35.5 Å². The molecule has 2 aromatic carbocycles. The van der Waals surface area contributed by atoms with E-state index in [-0.39, 0.29) is 23.4 Å². The smallest absolute Gasteiger partial charge is 0.316 e. The van der Waals surface area contributed by atoms with Gasteiger partial charge in [-0.3, -0.25) is 4.79 Å². The first-order valence-corrected chi connectivity index (χ1v) is 8.86. The first-order chi connectivity index (χ1) is 12.0. The minimum atomic E-state index is -0.362. The Hall–Kier alpha value is -2.19. The van der Waals surface area contributed by atoms with Crippen LogP contribution < -0.4 is 0 Å². The number of hydrogen-bond donors (Lipinski definition) is 1.